The molecule has 1 N–H and O–H groups in total. The summed E-state index contributed by atoms with van der Waals surface area (Å²) in [5.41, 5.74) is 1.29. The Balaban J connectivity index is 0.000000947. The standard InChI is InChI=1S/C20H29BO4.C20H37NO2S.2CH3.Fe/c1-19(2)20(3,4)25-21(24-19)17-11-9-16(10-12-17)14-23-18(22)13-15-7-5-6-8-15;22-19(18-12-8-9-13-18)14-11-16-21-20(23)15-7-5-3-1-2-4-6-10-17-24;;;/h9-12,15H,5-8,13-14H2,1-4H3;18,24H,1-17H2,(H,21,23);2*1H3;/q;;2*-1;+2. The van der Waals surface area contributed by atoms with E-state index in [-0.39, 0.29) is 62.1 Å². The van der Waals surface area contributed by atoms with E-state index in [1.165, 1.54) is 64.2 Å². The first-order valence-electron chi connectivity index (χ1n) is 19.5. The van der Waals surface area contributed by atoms with Gasteiger partial charge in [0.05, 0.1) is 11.2 Å². The van der Waals surface area contributed by atoms with Gasteiger partial charge in [0.25, 0.3) is 0 Å². The fourth-order valence-electron chi connectivity index (χ4n) is 6.91. The van der Waals surface area contributed by atoms with Crippen LogP contribution in [0, 0.1) is 26.7 Å². The number of unbranched alkanes of at least 4 members (excludes halogenated alkanes) is 7. The van der Waals surface area contributed by atoms with Crippen LogP contribution >= 0.6 is 12.6 Å². The van der Waals surface area contributed by atoms with Crippen LogP contribution in [-0.4, -0.2) is 48.3 Å². The van der Waals surface area contributed by atoms with E-state index in [0.717, 1.165) is 61.7 Å². The van der Waals surface area contributed by atoms with Gasteiger partial charge in [-0.1, -0.05) is 88.5 Å². The van der Waals surface area contributed by atoms with Crippen molar-refractivity contribution >= 4 is 42.9 Å². The molecule has 1 saturated heterocycles. The summed E-state index contributed by atoms with van der Waals surface area (Å²) >= 11 is 4.22. The van der Waals surface area contributed by atoms with Crippen LogP contribution in [0.5, 0.6) is 0 Å². The van der Waals surface area contributed by atoms with Crippen LogP contribution in [0.4, 0.5) is 0 Å². The topological polar surface area (TPSA) is 90.9 Å². The van der Waals surface area contributed by atoms with Crippen LogP contribution in [0.15, 0.2) is 24.3 Å². The van der Waals surface area contributed by atoms with Crippen molar-refractivity contribution in [2.24, 2.45) is 11.8 Å². The van der Waals surface area contributed by atoms with Gasteiger partial charge in [0, 0.05) is 31.7 Å². The number of ketones is 1. The molecule has 3 aliphatic rings. The van der Waals surface area contributed by atoms with Gasteiger partial charge in [-0.15, -0.1) is 0 Å². The first kappa shape index (κ1) is 50.7. The zero-order valence-electron chi connectivity index (χ0n) is 33.6. The van der Waals surface area contributed by atoms with Gasteiger partial charge in [0.15, 0.2) is 0 Å². The Morgan fingerprint density at radius 1 is 0.769 bits per heavy atom. The molecule has 0 spiro atoms. The number of carbonyl (C=O) groups is 3. The van der Waals surface area contributed by atoms with E-state index in [9.17, 15) is 14.4 Å². The Morgan fingerprint density at radius 3 is 1.85 bits per heavy atom. The van der Waals surface area contributed by atoms with Crippen molar-refractivity contribution in [2.75, 3.05) is 12.3 Å². The smallest absolute Gasteiger partial charge is 0.461 e. The number of benzene rings is 1. The third-order valence-electron chi connectivity index (χ3n) is 10.9. The molecule has 298 valence electrons. The number of amides is 1. The van der Waals surface area contributed by atoms with E-state index >= 15 is 0 Å². The molecule has 0 bridgehead atoms. The van der Waals surface area contributed by atoms with Crippen molar-refractivity contribution < 1.29 is 45.5 Å². The minimum absolute atomic E-state index is 0. The number of ether oxygens (including phenoxy) is 1. The number of carbonyl (C=O) groups excluding carboxylic acids is 3. The Labute approximate surface area is 335 Å². The van der Waals surface area contributed by atoms with Crippen molar-refractivity contribution in [1.82, 2.24) is 5.32 Å². The second-order valence-corrected chi connectivity index (χ2v) is 16.0. The molecule has 0 unspecified atom stereocenters. The van der Waals surface area contributed by atoms with Gasteiger partial charge in [-0.05, 0) is 95.3 Å². The van der Waals surface area contributed by atoms with E-state index in [4.69, 9.17) is 14.0 Å². The summed E-state index contributed by atoms with van der Waals surface area (Å²) in [6.07, 6.45) is 21.9. The summed E-state index contributed by atoms with van der Waals surface area (Å²) in [5, 5.41) is 2.96. The first-order chi connectivity index (χ1) is 23.5. The molecule has 7 nitrogen and oxygen atoms in total. The first-order valence-corrected chi connectivity index (χ1v) is 20.1. The van der Waals surface area contributed by atoms with E-state index in [1.54, 1.807) is 0 Å². The molecule has 52 heavy (non-hydrogen) atoms. The summed E-state index contributed by atoms with van der Waals surface area (Å²) in [6.45, 7) is 9.17. The molecular formula is C42H72BFeNO6S. The number of nitrogens with one attached hydrogen (secondary N) is 1. The van der Waals surface area contributed by atoms with Crippen LogP contribution in [-0.2, 0) is 52.1 Å². The van der Waals surface area contributed by atoms with Gasteiger partial charge in [0.2, 0.25) is 5.91 Å². The molecule has 0 radical (unpaired) electrons. The molecule has 2 aliphatic carbocycles. The average Bonchev–Trinajstić information content (AvgIpc) is 3.84. The van der Waals surface area contributed by atoms with Crippen molar-refractivity contribution in [3.8, 4) is 0 Å². The Hall–Kier alpha value is -1.32. The summed E-state index contributed by atoms with van der Waals surface area (Å²) in [7, 11) is -0.357. The average molecular weight is 786 g/mol. The number of hydrogen-bond acceptors (Lipinski definition) is 7. The van der Waals surface area contributed by atoms with Crippen molar-refractivity contribution in [2.45, 2.75) is 174 Å². The van der Waals surface area contributed by atoms with Gasteiger partial charge in [-0.25, -0.2) is 0 Å². The second kappa shape index (κ2) is 27.3. The van der Waals surface area contributed by atoms with Gasteiger partial charge in [0.1, 0.15) is 12.4 Å². The number of rotatable bonds is 20. The fraction of sp³-hybridized carbons (Fsp3) is 0.738. The molecule has 10 heteroatoms. The molecule has 1 amide bonds. The van der Waals surface area contributed by atoms with Crippen molar-refractivity contribution in [3.05, 3.63) is 44.7 Å². The zero-order chi connectivity index (χ0) is 35.5. The van der Waals surface area contributed by atoms with E-state index in [0.29, 0.717) is 50.0 Å². The van der Waals surface area contributed by atoms with Crippen LogP contribution in [0.2, 0.25) is 0 Å². The van der Waals surface area contributed by atoms with Gasteiger partial charge >= 0.3 is 30.2 Å². The number of Topliss-reactive ketones (excluding diaryl/α,β-unsaturated/α-hetero) is 1. The summed E-state index contributed by atoms with van der Waals surface area (Å²) in [5.74, 6) is 2.33. The maximum Gasteiger partial charge on any atom is 2.00 e. The minimum atomic E-state index is -0.357. The summed E-state index contributed by atoms with van der Waals surface area (Å²) < 4.78 is 17.5. The molecule has 1 aromatic rings. The predicted octanol–water partition coefficient (Wildman–Crippen LogP) is 9.59. The van der Waals surface area contributed by atoms with Crippen LogP contribution in [0.1, 0.15) is 162 Å². The number of thiol groups is 1. The molecule has 1 aliphatic heterocycles. The second-order valence-electron chi connectivity index (χ2n) is 15.5. The SMILES string of the molecule is CC1(C)OB(c2ccc(COC(=O)CC3CCCC3)cc2)OC1(C)C.O=C(CCCCCCCCCCS)NCCCC(=O)C1CCCC1.[CH3-].[CH3-].[Fe+2]. The normalized spacial score (nSPS) is 17.6. The minimum Gasteiger partial charge on any atom is -0.461 e. The van der Waals surface area contributed by atoms with E-state index < -0.39 is 0 Å². The number of esters is 1. The van der Waals surface area contributed by atoms with Crippen LogP contribution in [0.25, 0.3) is 0 Å². The van der Waals surface area contributed by atoms with Gasteiger partial charge in [-0.2, -0.15) is 12.6 Å². The van der Waals surface area contributed by atoms with Crippen molar-refractivity contribution in [3.63, 3.8) is 0 Å². The monoisotopic (exact) mass is 785 g/mol. The van der Waals surface area contributed by atoms with E-state index in [2.05, 4.69) is 17.9 Å². The van der Waals surface area contributed by atoms with Gasteiger partial charge < -0.3 is 34.2 Å². The molecule has 1 heterocycles. The summed E-state index contributed by atoms with van der Waals surface area (Å²) in [6, 6.07) is 7.93. The molecule has 1 aromatic carbocycles. The number of hydrogen-bond donors (Lipinski definition) is 2. The third-order valence-corrected chi connectivity index (χ3v) is 11.2. The molecule has 0 atom stereocenters. The Morgan fingerprint density at radius 2 is 1.29 bits per heavy atom. The largest absolute Gasteiger partial charge is 2.00 e. The maximum absolute atomic E-state index is 11.9. The van der Waals surface area contributed by atoms with Crippen LogP contribution < -0.4 is 10.8 Å². The molecular weight excluding hydrogens is 713 g/mol. The van der Waals surface area contributed by atoms with Crippen molar-refractivity contribution in [1.29, 1.82) is 0 Å². The quantitative estimate of drug-likeness (QED) is 0.0450. The molecule has 3 fully saturated rings. The third kappa shape index (κ3) is 18.8. The zero-order valence-corrected chi connectivity index (χ0v) is 35.6. The van der Waals surface area contributed by atoms with Crippen LogP contribution in [0.3, 0.4) is 0 Å². The maximum atomic E-state index is 11.9. The molecule has 0 aromatic heterocycles. The fourth-order valence-corrected chi connectivity index (χ4v) is 7.14. The van der Waals surface area contributed by atoms with E-state index in [1.807, 2.05) is 52.0 Å². The molecule has 4 rings (SSSR count). The molecule has 2 saturated carbocycles. The predicted molar refractivity (Wildman–Crippen MR) is 216 cm³/mol. The summed E-state index contributed by atoms with van der Waals surface area (Å²) in [4.78, 5) is 35.6. The Bertz CT molecular complexity index is 1110. The Kier molecular flexibility index (Phi) is 26.6. The van der Waals surface area contributed by atoms with Gasteiger partial charge in [-0.3, -0.25) is 14.4 Å².